The fourth-order valence-corrected chi connectivity index (χ4v) is 0.726. The average Bonchev–Trinajstić information content (AvgIpc) is 2.37. The van der Waals surface area contributed by atoms with Crippen LogP contribution in [0.2, 0.25) is 0 Å². The molecule has 1 heterocycles. The average molecular weight is 143 g/mol. The molecule has 0 aliphatic heterocycles. The summed E-state index contributed by atoms with van der Waals surface area (Å²) in [5.41, 5.74) is 0. The van der Waals surface area contributed by atoms with E-state index in [1.165, 1.54) is 7.11 Å². The number of ether oxygens (including phenoxy) is 1. The van der Waals surface area contributed by atoms with Crippen LogP contribution in [0.4, 0.5) is 0 Å². The Kier molecular flexibility index (Phi) is 1.74. The number of rotatable bonds is 1. The van der Waals surface area contributed by atoms with Crippen LogP contribution in [0.3, 0.4) is 0 Å². The molecule has 0 aliphatic carbocycles. The molecule has 0 spiro atoms. The molecule has 9 heavy (non-hydrogen) atoms. The molecular weight excluding hydrogens is 140 g/mol. The van der Waals surface area contributed by atoms with Gasteiger partial charge in [0.05, 0.1) is 7.11 Å². The van der Waals surface area contributed by atoms with Gasteiger partial charge in [0.2, 0.25) is 0 Å². The molecule has 1 aromatic heterocycles. The molecule has 0 unspecified atom stereocenters. The maximum absolute atomic E-state index is 10.6. The van der Waals surface area contributed by atoms with Gasteiger partial charge in [-0.25, -0.2) is 4.79 Å². The molecule has 47 valence electrons. The molecular formula is C4H3N2O2S. The van der Waals surface area contributed by atoms with Crippen molar-refractivity contribution in [3.8, 4) is 0 Å². The minimum absolute atomic E-state index is 0.303. The van der Waals surface area contributed by atoms with Crippen molar-refractivity contribution in [1.29, 1.82) is 0 Å². The fourth-order valence-electron chi connectivity index (χ4n) is 0.323. The van der Waals surface area contributed by atoms with Crippen molar-refractivity contribution in [3.05, 3.63) is 11.1 Å². The standard InChI is InChI=1S/C4H3N2O2S/c1-8-4(7)3-2-5-6-9-3/h1H3. The number of hydrogen-bond acceptors (Lipinski definition) is 5. The maximum atomic E-state index is 10.6. The fraction of sp³-hybridized carbons (Fsp3) is 0.250. The van der Waals surface area contributed by atoms with Crippen molar-refractivity contribution < 1.29 is 9.53 Å². The zero-order valence-corrected chi connectivity index (χ0v) is 5.44. The summed E-state index contributed by atoms with van der Waals surface area (Å²) in [4.78, 5) is 10.9. The Morgan fingerprint density at radius 2 is 2.67 bits per heavy atom. The molecule has 5 heteroatoms. The predicted molar refractivity (Wildman–Crippen MR) is 30.1 cm³/mol. The van der Waals surface area contributed by atoms with E-state index >= 15 is 0 Å². The van der Waals surface area contributed by atoms with E-state index in [0.717, 1.165) is 11.5 Å². The molecule has 0 N–H and O–H groups in total. The van der Waals surface area contributed by atoms with E-state index in [1.54, 1.807) is 0 Å². The summed E-state index contributed by atoms with van der Waals surface area (Å²) in [6.45, 7) is 0. The van der Waals surface area contributed by atoms with E-state index in [9.17, 15) is 4.79 Å². The van der Waals surface area contributed by atoms with Gasteiger partial charge in [0, 0.05) is 0 Å². The topological polar surface area (TPSA) is 52.1 Å². The molecule has 0 bridgehead atoms. The van der Waals surface area contributed by atoms with E-state index in [2.05, 4.69) is 20.5 Å². The van der Waals surface area contributed by atoms with Crippen molar-refractivity contribution in [2.75, 3.05) is 7.11 Å². The Labute approximate surface area is 55.6 Å². The number of carbonyl (C=O) groups is 1. The van der Waals surface area contributed by atoms with E-state index in [1.807, 2.05) is 0 Å². The first-order valence-electron chi connectivity index (χ1n) is 2.13. The van der Waals surface area contributed by atoms with Gasteiger partial charge in [-0.2, -0.15) is 0 Å². The second-order valence-electron chi connectivity index (χ2n) is 1.21. The Hall–Kier alpha value is -0.970. The first-order chi connectivity index (χ1) is 4.34. The highest BCUT2D eigenvalue weighted by molar-refractivity contribution is 7.07. The summed E-state index contributed by atoms with van der Waals surface area (Å²) in [5, 5.41) is 3.33. The van der Waals surface area contributed by atoms with Gasteiger partial charge < -0.3 is 4.74 Å². The third-order valence-corrected chi connectivity index (χ3v) is 1.30. The number of hydrogen-bond donors (Lipinski definition) is 0. The van der Waals surface area contributed by atoms with Gasteiger partial charge in [0.1, 0.15) is 6.20 Å². The van der Waals surface area contributed by atoms with Crippen molar-refractivity contribution in [2.24, 2.45) is 0 Å². The van der Waals surface area contributed by atoms with Crippen LogP contribution < -0.4 is 0 Å². The van der Waals surface area contributed by atoms with Crippen molar-refractivity contribution in [2.45, 2.75) is 0 Å². The Morgan fingerprint density at radius 1 is 1.89 bits per heavy atom. The van der Waals surface area contributed by atoms with E-state index in [4.69, 9.17) is 0 Å². The minimum atomic E-state index is -0.440. The molecule has 1 aromatic rings. The SMILES string of the molecule is COC(=O)c1[c]nns1. The highest BCUT2D eigenvalue weighted by Gasteiger charge is 2.06. The molecule has 0 fully saturated rings. The second kappa shape index (κ2) is 2.54. The molecule has 1 radical (unpaired) electrons. The zero-order valence-electron chi connectivity index (χ0n) is 4.62. The predicted octanol–water partition coefficient (Wildman–Crippen LogP) is 0.125. The number of aromatic nitrogens is 2. The molecule has 0 amide bonds. The first kappa shape index (κ1) is 6.15. The lowest BCUT2D eigenvalue weighted by Crippen LogP contribution is -1.97. The lowest BCUT2D eigenvalue weighted by Gasteiger charge is -1.87. The van der Waals surface area contributed by atoms with Gasteiger partial charge in [-0.05, 0) is 11.5 Å². The lowest BCUT2D eigenvalue weighted by atomic mass is 10.6. The van der Waals surface area contributed by atoms with E-state index in [0.29, 0.717) is 4.88 Å². The third kappa shape index (κ3) is 1.23. The summed E-state index contributed by atoms with van der Waals surface area (Å²) in [7, 11) is 1.30. The van der Waals surface area contributed by atoms with Crippen LogP contribution in [-0.4, -0.2) is 22.7 Å². The van der Waals surface area contributed by atoms with Gasteiger partial charge in [0.25, 0.3) is 0 Å². The highest BCUT2D eigenvalue weighted by Crippen LogP contribution is 2.01. The molecule has 0 atom stereocenters. The van der Waals surface area contributed by atoms with Crippen LogP contribution in [0.1, 0.15) is 9.67 Å². The Balaban J connectivity index is 2.77. The normalized spacial score (nSPS) is 9.00. The lowest BCUT2D eigenvalue weighted by molar-refractivity contribution is 0.0605. The van der Waals surface area contributed by atoms with Crippen LogP contribution in [0.25, 0.3) is 0 Å². The summed E-state index contributed by atoms with van der Waals surface area (Å²) in [5.74, 6) is -0.440. The monoisotopic (exact) mass is 143 g/mol. The van der Waals surface area contributed by atoms with Crippen LogP contribution in [0, 0.1) is 6.20 Å². The van der Waals surface area contributed by atoms with Gasteiger partial charge >= 0.3 is 5.97 Å². The highest BCUT2D eigenvalue weighted by atomic mass is 32.1. The van der Waals surface area contributed by atoms with Gasteiger partial charge in [-0.15, -0.1) is 5.10 Å². The van der Waals surface area contributed by atoms with Gasteiger partial charge in [-0.1, -0.05) is 4.49 Å². The second-order valence-corrected chi connectivity index (χ2v) is 1.96. The molecule has 4 nitrogen and oxygen atoms in total. The number of carbonyl (C=O) groups excluding carboxylic acids is 1. The maximum Gasteiger partial charge on any atom is 0.352 e. The van der Waals surface area contributed by atoms with Gasteiger partial charge in [-0.3, -0.25) is 0 Å². The molecule has 0 aromatic carbocycles. The molecule has 0 saturated carbocycles. The van der Waals surface area contributed by atoms with Crippen molar-refractivity contribution >= 4 is 17.5 Å². The number of nitrogens with zero attached hydrogens (tertiary/aromatic N) is 2. The van der Waals surface area contributed by atoms with E-state index < -0.39 is 5.97 Å². The molecule has 0 aliphatic rings. The molecule has 1 rings (SSSR count). The van der Waals surface area contributed by atoms with Crippen LogP contribution in [0.5, 0.6) is 0 Å². The smallest absolute Gasteiger partial charge is 0.352 e. The van der Waals surface area contributed by atoms with E-state index in [-0.39, 0.29) is 0 Å². The number of methoxy groups -OCH3 is 1. The zero-order chi connectivity index (χ0) is 6.69. The quantitative estimate of drug-likeness (QED) is 0.524. The van der Waals surface area contributed by atoms with Crippen LogP contribution >= 0.6 is 11.5 Å². The molecule has 0 saturated heterocycles. The van der Waals surface area contributed by atoms with Crippen molar-refractivity contribution in [3.63, 3.8) is 0 Å². The summed E-state index contributed by atoms with van der Waals surface area (Å²) < 4.78 is 7.78. The third-order valence-electron chi connectivity index (χ3n) is 0.695. The van der Waals surface area contributed by atoms with Crippen molar-refractivity contribution in [1.82, 2.24) is 9.59 Å². The summed E-state index contributed by atoms with van der Waals surface area (Å²) >= 11 is 0.964. The van der Waals surface area contributed by atoms with Gasteiger partial charge in [0.15, 0.2) is 4.88 Å². The van der Waals surface area contributed by atoms with Crippen LogP contribution in [-0.2, 0) is 4.74 Å². The summed E-state index contributed by atoms with van der Waals surface area (Å²) in [6, 6.07) is 0. The largest absolute Gasteiger partial charge is 0.465 e. The Morgan fingerprint density at radius 3 is 3.11 bits per heavy atom. The minimum Gasteiger partial charge on any atom is -0.465 e. The number of esters is 1. The van der Waals surface area contributed by atoms with Crippen LogP contribution in [0.15, 0.2) is 0 Å². The Bertz CT molecular complexity index is 196. The first-order valence-corrected chi connectivity index (χ1v) is 2.90. The summed E-state index contributed by atoms with van der Waals surface area (Å²) in [6.07, 6.45) is 2.37.